The first kappa shape index (κ1) is 17.3. The third-order valence-electron chi connectivity index (χ3n) is 7.01. The van der Waals surface area contributed by atoms with Crippen LogP contribution in [0.1, 0.15) is 57.8 Å². The van der Waals surface area contributed by atoms with Crippen molar-refractivity contribution >= 4 is 11.9 Å². The van der Waals surface area contributed by atoms with Crippen molar-refractivity contribution in [2.24, 2.45) is 17.3 Å². The van der Waals surface area contributed by atoms with Crippen molar-refractivity contribution in [1.82, 2.24) is 0 Å². The van der Waals surface area contributed by atoms with Crippen molar-refractivity contribution < 1.29 is 28.9 Å². The third kappa shape index (κ3) is 3.19. The molecular formula is C19H28O6. The Hall–Kier alpha value is -1.14. The number of esters is 1. The molecule has 0 aromatic rings. The Morgan fingerprint density at radius 3 is 2.00 bits per heavy atom. The Labute approximate surface area is 148 Å². The van der Waals surface area contributed by atoms with Gasteiger partial charge in [0.1, 0.15) is 0 Å². The molecule has 4 fully saturated rings. The molecule has 0 bridgehead atoms. The van der Waals surface area contributed by atoms with Gasteiger partial charge in [0.2, 0.25) is 0 Å². The molecule has 6 nitrogen and oxygen atoms in total. The van der Waals surface area contributed by atoms with Crippen LogP contribution in [0.3, 0.4) is 0 Å². The summed E-state index contributed by atoms with van der Waals surface area (Å²) in [4.78, 5) is 24.1. The number of carboxylic acid groups (broad SMARTS) is 1. The second kappa shape index (κ2) is 6.54. The molecule has 25 heavy (non-hydrogen) atoms. The van der Waals surface area contributed by atoms with Gasteiger partial charge in [0.05, 0.1) is 36.9 Å². The molecular weight excluding hydrogens is 324 g/mol. The normalized spacial score (nSPS) is 41.0. The van der Waals surface area contributed by atoms with Crippen LogP contribution >= 0.6 is 0 Å². The summed E-state index contributed by atoms with van der Waals surface area (Å²) in [5.41, 5.74) is -0.585. The maximum atomic E-state index is 13.1. The Balaban J connectivity index is 1.59. The van der Waals surface area contributed by atoms with Crippen LogP contribution in [0.5, 0.6) is 0 Å². The topological polar surface area (TPSA) is 88.7 Å². The number of methoxy groups -OCH3 is 1. The van der Waals surface area contributed by atoms with Crippen molar-refractivity contribution in [3.63, 3.8) is 0 Å². The minimum Gasteiger partial charge on any atom is -0.481 e. The highest BCUT2D eigenvalue weighted by Gasteiger charge is 2.59. The number of carboxylic acids is 1. The minimum atomic E-state index is -0.803. The number of ether oxygens (including phenoxy) is 3. The summed E-state index contributed by atoms with van der Waals surface area (Å²) in [6, 6.07) is 0. The van der Waals surface area contributed by atoms with E-state index in [2.05, 4.69) is 0 Å². The summed E-state index contributed by atoms with van der Waals surface area (Å²) >= 11 is 0. The van der Waals surface area contributed by atoms with Crippen LogP contribution in [0.25, 0.3) is 0 Å². The minimum absolute atomic E-state index is 0.100. The van der Waals surface area contributed by atoms with Crippen LogP contribution < -0.4 is 0 Å². The monoisotopic (exact) mass is 352 g/mol. The Kier molecular flexibility index (Phi) is 4.52. The van der Waals surface area contributed by atoms with Gasteiger partial charge < -0.3 is 19.3 Å². The fraction of sp³-hybridized carbons (Fsp3) is 0.895. The molecule has 0 radical (unpaired) electrons. The van der Waals surface area contributed by atoms with Crippen molar-refractivity contribution in [3.8, 4) is 0 Å². The van der Waals surface area contributed by atoms with E-state index in [1.165, 1.54) is 7.11 Å². The number of hydrogen-bond donors (Lipinski definition) is 1. The lowest BCUT2D eigenvalue weighted by Gasteiger charge is -2.46. The number of carbonyl (C=O) groups excluding carboxylic acids is 1. The van der Waals surface area contributed by atoms with Crippen molar-refractivity contribution in [2.75, 3.05) is 7.11 Å². The quantitative estimate of drug-likeness (QED) is 0.559. The van der Waals surface area contributed by atoms with E-state index >= 15 is 0 Å². The fourth-order valence-electron chi connectivity index (χ4n) is 5.64. The van der Waals surface area contributed by atoms with Crippen LogP contribution in [-0.2, 0) is 23.8 Å². The molecule has 1 N–H and O–H groups in total. The summed E-state index contributed by atoms with van der Waals surface area (Å²) in [5.74, 6) is -0.510. The first-order valence-corrected chi connectivity index (χ1v) is 9.65. The standard InChI is InChI=1S/C19H28O6/c1-23-18(22)19(8-2-3-17(20)21,11-4-6-13-15(9-11)24-13)12-5-7-14-16(10-12)25-14/h11-16H,2-10H2,1H3,(H,20,21). The second-order valence-corrected chi connectivity index (χ2v) is 8.23. The van der Waals surface area contributed by atoms with Gasteiger partial charge in [0, 0.05) is 6.42 Å². The predicted molar refractivity (Wildman–Crippen MR) is 87.9 cm³/mol. The zero-order chi connectivity index (χ0) is 17.6. The number of hydrogen-bond acceptors (Lipinski definition) is 5. The number of carbonyl (C=O) groups is 2. The third-order valence-corrected chi connectivity index (χ3v) is 7.01. The summed E-state index contributed by atoms with van der Waals surface area (Å²) in [5, 5.41) is 9.07. The van der Waals surface area contributed by atoms with Crippen molar-refractivity contribution in [1.29, 1.82) is 0 Å². The highest BCUT2D eigenvalue weighted by atomic mass is 16.6. The maximum Gasteiger partial charge on any atom is 0.312 e. The van der Waals surface area contributed by atoms with E-state index in [-0.39, 0.29) is 36.4 Å². The lowest BCUT2D eigenvalue weighted by atomic mass is 9.57. The Morgan fingerprint density at radius 2 is 1.56 bits per heavy atom. The zero-order valence-electron chi connectivity index (χ0n) is 14.8. The summed E-state index contributed by atoms with van der Waals surface area (Å²) in [7, 11) is 1.47. The maximum absolute atomic E-state index is 13.1. The van der Waals surface area contributed by atoms with Gasteiger partial charge in [0.25, 0.3) is 0 Å². The van der Waals surface area contributed by atoms with Crippen LogP contribution in [0.4, 0.5) is 0 Å². The molecule has 0 amide bonds. The van der Waals surface area contributed by atoms with Gasteiger partial charge >= 0.3 is 11.9 Å². The molecule has 0 spiro atoms. The van der Waals surface area contributed by atoms with Crippen LogP contribution in [0, 0.1) is 17.3 Å². The van der Waals surface area contributed by atoms with Gasteiger partial charge in [-0.1, -0.05) is 0 Å². The highest BCUT2D eigenvalue weighted by molar-refractivity contribution is 5.78. The molecule has 4 rings (SSSR count). The molecule has 2 aliphatic heterocycles. The van der Waals surface area contributed by atoms with Gasteiger partial charge in [0.15, 0.2) is 0 Å². The van der Waals surface area contributed by atoms with E-state index in [0.717, 1.165) is 38.5 Å². The molecule has 0 aromatic heterocycles. The largest absolute Gasteiger partial charge is 0.481 e. The van der Waals surface area contributed by atoms with Gasteiger partial charge in [-0.05, 0) is 63.2 Å². The summed E-state index contributed by atoms with van der Waals surface area (Å²) in [6.07, 6.45) is 8.29. The average Bonchev–Trinajstić information content (AvgIpc) is 3.50. The molecule has 6 unspecified atom stereocenters. The summed E-state index contributed by atoms with van der Waals surface area (Å²) in [6.45, 7) is 0. The van der Waals surface area contributed by atoms with Crippen LogP contribution in [0.15, 0.2) is 0 Å². The molecule has 2 aliphatic carbocycles. The van der Waals surface area contributed by atoms with Crippen molar-refractivity contribution in [2.45, 2.75) is 82.2 Å². The number of aliphatic carboxylic acids is 1. The van der Waals surface area contributed by atoms with Gasteiger partial charge in [-0.15, -0.1) is 0 Å². The van der Waals surface area contributed by atoms with Crippen molar-refractivity contribution in [3.05, 3.63) is 0 Å². The highest BCUT2D eigenvalue weighted by Crippen LogP contribution is 2.57. The number of fused-ring (bicyclic) bond motifs is 2. The molecule has 0 aromatic carbocycles. The zero-order valence-corrected chi connectivity index (χ0v) is 14.8. The second-order valence-electron chi connectivity index (χ2n) is 8.23. The average molecular weight is 352 g/mol. The van der Waals surface area contributed by atoms with Gasteiger partial charge in [-0.3, -0.25) is 9.59 Å². The van der Waals surface area contributed by atoms with E-state index < -0.39 is 11.4 Å². The molecule has 2 saturated heterocycles. The molecule has 4 aliphatic rings. The Bertz CT molecular complexity index is 518. The lowest BCUT2D eigenvalue weighted by Crippen LogP contribution is -2.48. The van der Waals surface area contributed by atoms with E-state index in [1.54, 1.807) is 0 Å². The molecule has 2 heterocycles. The lowest BCUT2D eigenvalue weighted by molar-refractivity contribution is -0.165. The van der Waals surface area contributed by atoms with Gasteiger partial charge in [-0.25, -0.2) is 0 Å². The van der Waals surface area contributed by atoms with E-state index in [0.29, 0.717) is 25.0 Å². The predicted octanol–water partition coefficient (Wildman–Crippen LogP) is 2.54. The van der Waals surface area contributed by atoms with Crippen LogP contribution in [0.2, 0.25) is 0 Å². The van der Waals surface area contributed by atoms with E-state index in [1.807, 2.05) is 0 Å². The Morgan fingerprint density at radius 1 is 1.00 bits per heavy atom. The fourth-order valence-corrected chi connectivity index (χ4v) is 5.64. The van der Waals surface area contributed by atoms with E-state index in [4.69, 9.17) is 19.3 Å². The number of rotatable bonds is 7. The molecule has 6 atom stereocenters. The van der Waals surface area contributed by atoms with Gasteiger partial charge in [-0.2, -0.15) is 0 Å². The first-order chi connectivity index (χ1) is 12.0. The smallest absolute Gasteiger partial charge is 0.312 e. The first-order valence-electron chi connectivity index (χ1n) is 9.65. The summed E-state index contributed by atoms with van der Waals surface area (Å²) < 4.78 is 16.7. The number of epoxide rings is 2. The molecule has 6 heteroatoms. The SMILES string of the molecule is COC(=O)C(CCCC(=O)O)(C1CCC2OC2C1)C1CCC2OC2C1. The molecule has 140 valence electrons. The van der Waals surface area contributed by atoms with Crippen LogP contribution in [-0.4, -0.2) is 48.6 Å². The van der Waals surface area contributed by atoms with E-state index in [9.17, 15) is 9.59 Å². The molecule has 2 saturated carbocycles.